The molecule has 1 unspecified atom stereocenters. The number of piperidine rings is 1. The van der Waals surface area contributed by atoms with E-state index in [1.165, 1.54) is 12.8 Å². The molecule has 1 aliphatic heterocycles. The third-order valence-corrected chi connectivity index (χ3v) is 4.10. The Morgan fingerprint density at radius 3 is 2.35 bits per heavy atom. The van der Waals surface area contributed by atoms with Crippen molar-refractivity contribution in [1.82, 2.24) is 10.2 Å². The summed E-state index contributed by atoms with van der Waals surface area (Å²) in [7, 11) is 2.08. The maximum absolute atomic E-state index is 13.1. The average molecular weight is 246 g/mol. The monoisotopic (exact) mass is 246 g/mol. The van der Waals surface area contributed by atoms with Crippen molar-refractivity contribution in [2.45, 2.75) is 38.0 Å². The summed E-state index contributed by atoms with van der Waals surface area (Å²) in [4.78, 5) is 2.27. The van der Waals surface area contributed by atoms with Crippen LogP contribution in [0.3, 0.4) is 0 Å². The summed E-state index contributed by atoms with van der Waals surface area (Å²) < 4.78 is 26.2. The zero-order valence-corrected chi connectivity index (χ0v) is 10.7. The second-order valence-electron chi connectivity index (χ2n) is 5.88. The Labute approximate surface area is 103 Å². The van der Waals surface area contributed by atoms with Gasteiger partial charge in [-0.2, -0.15) is 0 Å². The van der Waals surface area contributed by atoms with Crippen LogP contribution in [0.1, 0.15) is 32.1 Å². The van der Waals surface area contributed by atoms with Crippen LogP contribution < -0.4 is 5.32 Å². The largest absolute Gasteiger partial charge is 0.317 e. The van der Waals surface area contributed by atoms with Crippen molar-refractivity contribution in [2.75, 3.05) is 33.2 Å². The molecule has 1 N–H and O–H groups in total. The lowest BCUT2D eigenvalue weighted by molar-refractivity contribution is 0.00359. The van der Waals surface area contributed by atoms with Gasteiger partial charge in [0.05, 0.1) is 0 Å². The molecule has 2 nitrogen and oxygen atoms in total. The van der Waals surface area contributed by atoms with Crippen LogP contribution in [0.2, 0.25) is 0 Å². The lowest BCUT2D eigenvalue weighted by atomic mass is 9.97. The van der Waals surface area contributed by atoms with Crippen LogP contribution >= 0.6 is 0 Å². The minimum absolute atomic E-state index is 0.0961. The Morgan fingerprint density at radius 2 is 1.76 bits per heavy atom. The van der Waals surface area contributed by atoms with Crippen LogP contribution in [-0.4, -0.2) is 44.0 Å². The van der Waals surface area contributed by atoms with Crippen LogP contribution in [0.25, 0.3) is 0 Å². The fourth-order valence-electron chi connectivity index (χ4n) is 3.22. The van der Waals surface area contributed by atoms with Crippen molar-refractivity contribution in [3.63, 3.8) is 0 Å². The summed E-state index contributed by atoms with van der Waals surface area (Å²) in [6, 6.07) is 0. The minimum Gasteiger partial charge on any atom is -0.317 e. The van der Waals surface area contributed by atoms with E-state index in [2.05, 4.69) is 17.3 Å². The van der Waals surface area contributed by atoms with Gasteiger partial charge >= 0.3 is 0 Å². The van der Waals surface area contributed by atoms with Gasteiger partial charge in [0.25, 0.3) is 0 Å². The SMILES string of the molecule is CN(CC1CCNCC1)CC1CCC(F)(F)C1. The number of halogens is 2. The van der Waals surface area contributed by atoms with E-state index in [1.807, 2.05) is 0 Å². The number of nitrogens with one attached hydrogen (secondary N) is 1. The summed E-state index contributed by atoms with van der Waals surface area (Å²) in [6.45, 7) is 4.14. The van der Waals surface area contributed by atoms with Gasteiger partial charge in [0.15, 0.2) is 0 Å². The first-order valence-corrected chi connectivity index (χ1v) is 6.82. The van der Waals surface area contributed by atoms with E-state index in [0.717, 1.165) is 32.1 Å². The van der Waals surface area contributed by atoms with Crippen LogP contribution in [0.5, 0.6) is 0 Å². The highest BCUT2D eigenvalue weighted by Gasteiger charge is 2.39. The number of hydrogen-bond acceptors (Lipinski definition) is 2. The van der Waals surface area contributed by atoms with Crippen molar-refractivity contribution >= 4 is 0 Å². The topological polar surface area (TPSA) is 15.3 Å². The predicted molar refractivity (Wildman–Crippen MR) is 65.4 cm³/mol. The molecule has 4 heteroatoms. The summed E-state index contributed by atoms with van der Waals surface area (Å²) in [6.07, 6.45) is 3.35. The molecular weight excluding hydrogens is 222 g/mol. The van der Waals surface area contributed by atoms with Gasteiger partial charge in [-0.25, -0.2) is 8.78 Å². The van der Waals surface area contributed by atoms with E-state index in [-0.39, 0.29) is 18.8 Å². The standard InChI is InChI=1S/C13H24F2N2/c1-17(9-11-3-6-16-7-4-11)10-12-2-5-13(14,15)8-12/h11-12,16H,2-10H2,1H3. The smallest absolute Gasteiger partial charge is 0.248 e. The summed E-state index contributed by atoms with van der Waals surface area (Å²) in [5.74, 6) is -1.43. The molecule has 0 aromatic heterocycles. The van der Waals surface area contributed by atoms with Crippen molar-refractivity contribution in [3.05, 3.63) is 0 Å². The molecule has 1 atom stereocenters. The van der Waals surface area contributed by atoms with Gasteiger partial charge < -0.3 is 10.2 Å². The number of nitrogens with zero attached hydrogens (tertiary/aromatic N) is 1. The first-order chi connectivity index (χ1) is 8.05. The molecular formula is C13H24F2N2. The molecule has 0 spiro atoms. The minimum atomic E-state index is -2.39. The maximum atomic E-state index is 13.1. The highest BCUT2D eigenvalue weighted by Crippen LogP contribution is 2.39. The lowest BCUT2D eigenvalue weighted by Gasteiger charge is -2.29. The zero-order valence-electron chi connectivity index (χ0n) is 10.7. The number of alkyl halides is 2. The molecule has 1 aliphatic carbocycles. The normalized spacial score (nSPS) is 30.0. The molecule has 0 radical (unpaired) electrons. The Kier molecular flexibility index (Phi) is 4.36. The predicted octanol–water partition coefficient (Wildman–Crippen LogP) is 2.35. The number of hydrogen-bond donors (Lipinski definition) is 1. The third kappa shape index (κ3) is 4.18. The van der Waals surface area contributed by atoms with E-state index in [9.17, 15) is 8.78 Å². The van der Waals surface area contributed by atoms with E-state index in [1.54, 1.807) is 0 Å². The van der Waals surface area contributed by atoms with E-state index >= 15 is 0 Å². The number of rotatable bonds is 4. The van der Waals surface area contributed by atoms with Crippen LogP contribution in [0.4, 0.5) is 8.78 Å². The lowest BCUT2D eigenvalue weighted by Crippen LogP contribution is -2.36. The van der Waals surface area contributed by atoms with Gasteiger partial charge in [0, 0.05) is 25.9 Å². The summed E-state index contributed by atoms with van der Waals surface area (Å²) in [5.41, 5.74) is 0. The van der Waals surface area contributed by atoms with Crippen LogP contribution in [-0.2, 0) is 0 Å². The van der Waals surface area contributed by atoms with E-state index < -0.39 is 5.92 Å². The van der Waals surface area contributed by atoms with Gasteiger partial charge in [-0.15, -0.1) is 0 Å². The zero-order chi connectivity index (χ0) is 12.3. The van der Waals surface area contributed by atoms with Crippen molar-refractivity contribution in [2.24, 2.45) is 11.8 Å². The quantitative estimate of drug-likeness (QED) is 0.819. The maximum Gasteiger partial charge on any atom is 0.248 e. The molecule has 0 amide bonds. The van der Waals surface area contributed by atoms with Gasteiger partial charge in [-0.1, -0.05) is 0 Å². The van der Waals surface area contributed by atoms with Crippen LogP contribution in [0, 0.1) is 11.8 Å². The Hall–Kier alpha value is -0.220. The second-order valence-corrected chi connectivity index (χ2v) is 5.88. The Bertz CT molecular complexity index is 240. The van der Waals surface area contributed by atoms with Crippen molar-refractivity contribution in [1.29, 1.82) is 0 Å². The highest BCUT2D eigenvalue weighted by atomic mass is 19.3. The summed E-state index contributed by atoms with van der Waals surface area (Å²) in [5, 5.41) is 3.35. The second kappa shape index (κ2) is 5.61. The molecule has 100 valence electrons. The van der Waals surface area contributed by atoms with Gasteiger partial charge in [-0.3, -0.25) is 0 Å². The van der Waals surface area contributed by atoms with Crippen LogP contribution in [0.15, 0.2) is 0 Å². The highest BCUT2D eigenvalue weighted by molar-refractivity contribution is 4.83. The summed E-state index contributed by atoms with van der Waals surface area (Å²) >= 11 is 0. The van der Waals surface area contributed by atoms with Gasteiger partial charge in [0.1, 0.15) is 0 Å². The molecule has 1 saturated heterocycles. The fraction of sp³-hybridized carbons (Fsp3) is 1.00. The molecule has 2 rings (SSSR count). The first kappa shape index (κ1) is 13.2. The molecule has 2 aliphatic rings. The van der Waals surface area contributed by atoms with E-state index in [4.69, 9.17) is 0 Å². The molecule has 2 fully saturated rings. The van der Waals surface area contributed by atoms with Crippen molar-refractivity contribution < 1.29 is 8.78 Å². The Morgan fingerprint density at radius 1 is 1.12 bits per heavy atom. The average Bonchev–Trinajstić information content (AvgIpc) is 2.59. The molecule has 0 aromatic carbocycles. The van der Waals surface area contributed by atoms with E-state index in [0.29, 0.717) is 6.42 Å². The molecule has 0 bridgehead atoms. The van der Waals surface area contributed by atoms with Gasteiger partial charge in [-0.05, 0) is 51.2 Å². The Balaban J connectivity index is 1.68. The molecule has 0 aromatic rings. The molecule has 1 heterocycles. The van der Waals surface area contributed by atoms with Gasteiger partial charge in [0.2, 0.25) is 5.92 Å². The fourth-order valence-corrected chi connectivity index (χ4v) is 3.22. The molecule has 1 saturated carbocycles. The van der Waals surface area contributed by atoms with Crippen molar-refractivity contribution in [3.8, 4) is 0 Å². The molecule has 17 heavy (non-hydrogen) atoms. The first-order valence-electron chi connectivity index (χ1n) is 6.82. The third-order valence-electron chi connectivity index (χ3n) is 4.10.